The van der Waals surface area contributed by atoms with Gasteiger partial charge in [0.25, 0.3) is 0 Å². The molecule has 1 aromatic carbocycles. The summed E-state index contributed by atoms with van der Waals surface area (Å²) in [5, 5.41) is 9.66. The van der Waals surface area contributed by atoms with Crippen molar-refractivity contribution in [3.05, 3.63) is 29.6 Å². The van der Waals surface area contributed by atoms with E-state index < -0.39 is 5.82 Å². The van der Waals surface area contributed by atoms with E-state index in [1.807, 2.05) is 11.9 Å². The zero-order chi connectivity index (χ0) is 14.7. The minimum Gasteiger partial charge on any atom is -0.507 e. The molecular formula is C16H22FNO2. The Labute approximate surface area is 119 Å². The number of carbonyl (C=O) groups excluding carboxylic acids is 1. The number of halogens is 1. The Hall–Kier alpha value is -1.42. The predicted octanol–water partition coefficient (Wildman–Crippen LogP) is 3.22. The van der Waals surface area contributed by atoms with E-state index in [1.54, 1.807) is 0 Å². The van der Waals surface area contributed by atoms with Crippen molar-refractivity contribution in [3.63, 3.8) is 0 Å². The van der Waals surface area contributed by atoms with Gasteiger partial charge in [-0.15, -0.1) is 0 Å². The lowest BCUT2D eigenvalue weighted by Gasteiger charge is -2.33. The molecule has 0 amide bonds. The zero-order valence-electron chi connectivity index (χ0n) is 12.1. The molecular weight excluding hydrogens is 257 g/mol. The molecule has 0 aromatic heterocycles. The van der Waals surface area contributed by atoms with Gasteiger partial charge in [-0.2, -0.15) is 0 Å². The third-order valence-electron chi connectivity index (χ3n) is 4.18. The topological polar surface area (TPSA) is 40.5 Å². The van der Waals surface area contributed by atoms with E-state index in [0.29, 0.717) is 12.0 Å². The van der Waals surface area contributed by atoms with E-state index in [0.717, 1.165) is 25.0 Å². The highest BCUT2D eigenvalue weighted by molar-refractivity contribution is 6.00. The molecule has 0 spiro atoms. The van der Waals surface area contributed by atoms with Gasteiger partial charge in [-0.05, 0) is 44.0 Å². The minimum absolute atomic E-state index is 0.0701. The SMILES string of the molecule is CC1CCCC(N(C)CC(=O)c2cc(F)ccc2O)C1. The fourth-order valence-electron chi connectivity index (χ4n) is 2.97. The number of Topliss-reactive ketones (excluding diaryl/α,β-unsaturated/α-hetero) is 1. The Morgan fingerprint density at radius 3 is 2.90 bits per heavy atom. The lowest BCUT2D eigenvalue weighted by molar-refractivity contribution is 0.0879. The maximum Gasteiger partial charge on any atom is 0.180 e. The normalized spacial score (nSPS) is 23.0. The highest BCUT2D eigenvalue weighted by Crippen LogP contribution is 2.27. The Kier molecular flexibility index (Phi) is 4.76. The smallest absolute Gasteiger partial charge is 0.180 e. The van der Waals surface area contributed by atoms with E-state index in [4.69, 9.17) is 0 Å². The van der Waals surface area contributed by atoms with Crippen LogP contribution in [0.3, 0.4) is 0 Å². The van der Waals surface area contributed by atoms with E-state index in [2.05, 4.69) is 6.92 Å². The standard InChI is InChI=1S/C16H22FNO2/c1-11-4-3-5-13(8-11)18(2)10-16(20)14-9-12(17)6-7-15(14)19/h6-7,9,11,13,19H,3-5,8,10H2,1-2H3. The molecule has 3 nitrogen and oxygen atoms in total. The second-order valence-corrected chi connectivity index (χ2v) is 5.93. The summed E-state index contributed by atoms with van der Waals surface area (Å²) in [6.45, 7) is 2.45. The van der Waals surface area contributed by atoms with Gasteiger partial charge in [0.05, 0.1) is 12.1 Å². The Morgan fingerprint density at radius 1 is 1.45 bits per heavy atom. The van der Waals surface area contributed by atoms with Crippen molar-refractivity contribution in [2.24, 2.45) is 5.92 Å². The molecule has 1 aliphatic rings. The van der Waals surface area contributed by atoms with Crippen LogP contribution in [0.5, 0.6) is 5.75 Å². The number of ketones is 1. The number of rotatable bonds is 4. The van der Waals surface area contributed by atoms with E-state index >= 15 is 0 Å². The van der Waals surface area contributed by atoms with Gasteiger partial charge in [-0.25, -0.2) is 4.39 Å². The highest BCUT2D eigenvalue weighted by atomic mass is 19.1. The molecule has 0 aliphatic heterocycles. The van der Waals surface area contributed by atoms with Gasteiger partial charge < -0.3 is 5.11 Å². The molecule has 1 fully saturated rings. The van der Waals surface area contributed by atoms with Crippen molar-refractivity contribution < 1.29 is 14.3 Å². The van der Waals surface area contributed by atoms with Gasteiger partial charge in [0.2, 0.25) is 0 Å². The van der Waals surface area contributed by atoms with Crippen LogP contribution in [0.2, 0.25) is 0 Å². The molecule has 0 radical (unpaired) electrons. The minimum atomic E-state index is -0.500. The Bertz CT molecular complexity index is 489. The van der Waals surface area contributed by atoms with Gasteiger partial charge in [0, 0.05) is 6.04 Å². The third-order valence-corrected chi connectivity index (χ3v) is 4.18. The summed E-state index contributed by atoms with van der Waals surface area (Å²) in [6, 6.07) is 3.89. The van der Waals surface area contributed by atoms with Gasteiger partial charge in [-0.3, -0.25) is 9.69 Å². The van der Waals surface area contributed by atoms with Gasteiger partial charge >= 0.3 is 0 Å². The van der Waals surface area contributed by atoms with Crippen LogP contribution in [-0.4, -0.2) is 35.4 Å². The van der Waals surface area contributed by atoms with Crippen molar-refractivity contribution in [1.29, 1.82) is 0 Å². The van der Waals surface area contributed by atoms with Crippen LogP contribution in [0.1, 0.15) is 43.0 Å². The summed E-state index contributed by atoms with van der Waals surface area (Å²) < 4.78 is 13.2. The van der Waals surface area contributed by atoms with Crippen molar-refractivity contribution >= 4 is 5.78 Å². The van der Waals surface area contributed by atoms with Crippen molar-refractivity contribution in [1.82, 2.24) is 4.90 Å². The monoisotopic (exact) mass is 279 g/mol. The molecule has 1 aliphatic carbocycles. The number of hydrogen-bond acceptors (Lipinski definition) is 3. The number of hydrogen-bond donors (Lipinski definition) is 1. The van der Waals surface area contributed by atoms with Crippen LogP contribution in [0, 0.1) is 11.7 Å². The molecule has 1 N–H and O–H groups in total. The number of phenols is 1. The van der Waals surface area contributed by atoms with Gasteiger partial charge in [0.15, 0.2) is 5.78 Å². The maximum atomic E-state index is 13.2. The first-order valence-electron chi connectivity index (χ1n) is 7.19. The van der Waals surface area contributed by atoms with Crippen molar-refractivity contribution in [2.45, 2.75) is 38.6 Å². The molecule has 20 heavy (non-hydrogen) atoms. The van der Waals surface area contributed by atoms with Crippen molar-refractivity contribution in [3.8, 4) is 5.75 Å². The van der Waals surface area contributed by atoms with Crippen LogP contribution in [-0.2, 0) is 0 Å². The number of benzene rings is 1. The predicted molar refractivity (Wildman–Crippen MR) is 76.4 cm³/mol. The largest absolute Gasteiger partial charge is 0.507 e. The lowest BCUT2D eigenvalue weighted by atomic mass is 9.86. The number of likely N-dealkylation sites (N-methyl/N-ethyl adjacent to an activating group) is 1. The van der Waals surface area contributed by atoms with Crippen LogP contribution >= 0.6 is 0 Å². The van der Waals surface area contributed by atoms with Crippen LogP contribution < -0.4 is 0 Å². The molecule has 1 saturated carbocycles. The van der Waals surface area contributed by atoms with Crippen LogP contribution in [0.15, 0.2) is 18.2 Å². The summed E-state index contributed by atoms with van der Waals surface area (Å²) >= 11 is 0. The number of carbonyl (C=O) groups is 1. The summed E-state index contributed by atoms with van der Waals surface area (Å²) in [6.07, 6.45) is 4.64. The average Bonchev–Trinajstić information content (AvgIpc) is 2.41. The van der Waals surface area contributed by atoms with E-state index in [1.165, 1.54) is 18.9 Å². The summed E-state index contributed by atoms with van der Waals surface area (Å²) in [7, 11) is 1.93. The summed E-state index contributed by atoms with van der Waals surface area (Å²) in [4.78, 5) is 14.2. The Morgan fingerprint density at radius 2 is 2.20 bits per heavy atom. The molecule has 110 valence electrons. The first-order valence-corrected chi connectivity index (χ1v) is 7.19. The quantitative estimate of drug-likeness (QED) is 0.860. The maximum absolute atomic E-state index is 13.2. The van der Waals surface area contributed by atoms with Crippen molar-refractivity contribution in [2.75, 3.05) is 13.6 Å². The highest BCUT2D eigenvalue weighted by Gasteiger charge is 2.24. The molecule has 0 heterocycles. The molecule has 4 heteroatoms. The van der Waals surface area contributed by atoms with Crippen LogP contribution in [0.25, 0.3) is 0 Å². The third kappa shape index (κ3) is 3.57. The molecule has 2 atom stereocenters. The molecule has 1 aromatic rings. The molecule has 0 saturated heterocycles. The number of aromatic hydroxyl groups is 1. The Balaban J connectivity index is 2.01. The molecule has 2 unspecified atom stereocenters. The van der Waals surface area contributed by atoms with Gasteiger partial charge in [-0.1, -0.05) is 19.8 Å². The second-order valence-electron chi connectivity index (χ2n) is 5.93. The first-order chi connectivity index (χ1) is 9.47. The summed E-state index contributed by atoms with van der Waals surface area (Å²) in [5.41, 5.74) is 0.0701. The zero-order valence-corrected chi connectivity index (χ0v) is 12.1. The molecule has 0 bridgehead atoms. The van der Waals surface area contributed by atoms with E-state index in [-0.39, 0.29) is 23.6 Å². The second kappa shape index (κ2) is 6.35. The first kappa shape index (κ1) is 15.0. The lowest BCUT2D eigenvalue weighted by Crippen LogP contribution is -2.38. The van der Waals surface area contributed by atoms with E-state index in [9.17, 15) is 14.3 Å². The number of phenolic OH excluding ortho intramolecular Hbond substituents is 1. The summed E-state index contributed by atoms with van der Waals surface area (Å²) in [5.74, 6) is -0.196. The average molecular weight is 279 g/mol. The number of nitrogens with zero attached hydrogens (tertiary/aromatic N) is 1. The molecule has 2 rings (SSSR count). The fraction of sp³-hybridized carbons (Fsp3) is 0.562. The fourth-order valence-corrected chi connectivity index (χ4v) is 2.97. The van der Waals surface area contributed by atoms with Gasteiger partial charge in [0.1, 0.15) is 11.6 Å². The van der Waals surface area contributed by atoms with Crippen LogP contribution in [0.4, 0.5) is 4.39 Å².